The zero-order valence-corrected chi connectivity index (χ0v) is 11.5. The zero-order chi connectivity index (χ0) is 13.1. The van der Waals surface area contributed by atoms with Crippen molar-refractivity contribution >= 4 is 33.0 Å². The van der Waals surface area contributed by atoms with Gasteiger partial charge in [-0.1, -0.05) is 19.1 Å². The van der Waals surface area contributed by atoms with Crippen LogP contribution in [-0.2, 0) is 14.6 Å². The Balaban J connectivity index is 2.52. The molecule has 7 heteroatoms. The fraction of sp³-hybridized carbons (Fsp3) is 0.800. The summed E-state index contributed by atoms with van der Waals surface area (Å²) in [4.78, 5) is 13.3. The van der Waals surface area contributed by atoms with Crippen LogP contribution in [0.3, 0.4) is 0 Å². The SMILES string of the molecule is CC1CCN(C(=O)CS(=O)(=O)CC(N)=S)CC1. The molecule has 0 bridgehead atoms. The van der Waals surface area contributed by atoms with Gasteiger partial charge in [-0.3, -0.25) is 4.79 Å². The van der Waals surface area contributed by atoms with Crippen LogP contribution in [0.15, 0.2) is 0 Å². The van der Waals surface area contributed by atoms with Crippen molar-refractivity contribution in [3.05, 3.63) is 0 Å². The van der Waals surface area contributed by atoms with Gasteiger partial charge in [0.15, 0.2) is 9.84 Å². The van der Waals surface area contributed by atoms with Gasteiger partial charge in [0.05, 0.1) is 4.99 Å². The number of nitrogens with zero attached hydrogens (tertiary/aromatic N) is 1. The van der Waals surface area contributed by atoms with Crippen molar-refractivity contribution in [2.75, 3.05) is 24.6 Å². The van der Waals surface area contributed by atoms with Crippen LogP contribution in [0.2, 0.25) is 0 Å². The van der Waals surface area contributed by atoms with Crippen LogP contribution in [0.1, 0.15) is 19.8 Å². The van der Waals surface area contributed by atoms with Crippen molar-refractivity contribution in [3.8, 4) is 0 Å². The number of hydrogen-bond donors (Lipinski definition) is 1. The van der Waals surface area contributed by atoms with Crippen molar-refractivity contribution < 1.29 is 13.2 Å². The van der Waals surface area contributed by atoms with Gasteiger partial charge in [-0.05, 0) is 18.8 Å². The van der Waals surface area contributed by atoms with Gasteiger partial charge in [0.2, 0.25) is 5.91 Å². The first-order valence-electron chi connectivity index (χ1n) is 5.56. The molecule has 2 N–H and O–H groups in total. The van der Waals surface area contributed by atoms with E-state index in [1.807, 2.05) is 0 Å². The molecular formula is C10H18N2O3S2. The average Bonchev–Trinajstić information content (AvgIpc) is 2.15. The third-order valence-electron chi connectivity index (χ3n) is 2.84. The van der Waals surface area contributed by atoms with Crippen LogP contribution in [0.5, 0.6) is 0 Å². The van der Waals surface area contributed by atoms with Gasteiger partial charge in [-0.15, -0.1) is 0 Å². The van der Waals surface area contributed by atoms with Crippen molar-refractivity contribution in [1.29, 1.82) is 0 Å². The molecule has 1 aliphatic rings. The number of carbonyl (C=O) groups excluding carboxylic acids is 1. The average molecular weight is 278 g/mol. The minimum atomic E-state index is -3.50. The molecule has 0 aromatic heterocycles. The number of sulfone groups is 1. The van der Waals surface area contributed by atoms with E-state index in [9.17, 15) is 13.2 Å². The van der Waals surface area contributed by atoms with Crippen molar-refractivity contribution in [2.24, 2.45) is 11.7 Å². The summed E-state index contributed by atoms with van der Waals surface area (Å²) >= 11 is 4.54. The Morgan fingerprint density at radius 3 is 2.35 bits per heavy atom. The number of hydrogen-bond acceptors (Lipinski definition) is 4. The van der Waals surface area contributed by atoms with Crippen LogP contribution >= 0.6 is 12.2 Å². The first kappa shape index (κ1) is 14.4. The van der Waals surface area contributed by atoms with Crippen molar-refractivity contribution in [3.63, 3.8) is 0 Å². The number of nitrogens with two attached hydrogens (primary N) is 1. The maximum atomic E-state index is 11.8. The van der Waals surface area contributed by atoms with Gasteiger partial charge in [0.25, 0.3) is 0 Å². The molecule has 1 saturated heterocycles. The second-order valence-corrected chi connectivity index (χ2v) is 7.15. The Labute approximate surface area is 107 Å². The molecule has 0 unspecified atom stereocenters. The summed E-state index contributed by atoms with van der Waals surface area (Å²) in [6.07, 6.45) is 1.86. The molecule has 0 radical (unpaired) electrons. The highest BCUT2D eigenvalue weighted by Crippen LogP contribution is 2.16. The number of rotatable bonds is 4. The first-order valence-corrected chi connectivity index (χ1v) is 7.79. The Morgan fingerprint density at radius 1 is 1.35 bits per heavy atom. The fourth-order valence-electron chi connectivity index (χ4n) is 1.81. The van der Waals surface area contributed by atoms with Gasteiger partial charge in [-0.25, -0.2) is 8.42 Å². The van der Waals surface area contributed by atoms with E-state index in [1.54, 1.807) is 4.90 Å². The van der Waals surface area contributed by atoms with Gasteiger partial charge >= 0.3 is 0 Å². The van der Waals surface area contributed by atoms with E-state index in [1.165, 1.54) is 0 Å². The van der Waals surface area contributed by atoms with E-state index >= 15 is 0 Å². The van der Waals surface area contributed by atoms with Crippen LogP contribution in [-0.4, -0.2) is 48.8 Å². The van der Waals surface area contributed by atoms with Crippen LogP contribution in [0, 0.1) is 5.92 Å². The molecule has 17 heavy (non-hydrogen) atoms. The highest BCUT2D eigenvalue weighted by atomic mass is 32.2. The lowest BCUT2D eigenvalue weighted by atomic mass is 9.99. The molecule has 5 nitrogen and oxygen atoms in total. The summed E-state index contributed by atoms with van der Waals surface area (Å²) in [5.41, 5.74) is 5.18. The normalized spacial score (nSPS) is 18.1. The van der Waals surface area contributed by atoms with Gasteiger partial charge in [0, 0.05) is 13.1 Å². The maximum absolute atomic E-state index is 11.8. The van der Waals surface area contributed by atoms with E-state index < -0.39 is 21.3 Å². The third-order valence-corrected chi connectivity index (χ3v) is 4.61. The highest BCUT2D eigenvalue weighted by molar-refractivity contribution is 7.94. The Bertz CT molecular complexity index is 398. The number of likely N-dealkylation sites (tertiary alicyclic amines) is 1. The summed E-state index contributed by atoms with van der Waals surface area (Å²) in [5.74, 6) is -0.614. The number of thiocarbonyl (C=S) groups is 1. The Kier molecular flexibility index (Phi) is 4.88. The van der Waals surface area contributed by atoms with Crippen molar-refractivity contribution in [1.82, 2.24) is 4.90 Å². The molecule has 1 amide bonds. The van der Waals surface area contributed by atoms with Gasteiger partial charge in [0.1, 0.15) is 11.5 Å². The monoisotopic (exact) mass is 278 g/mol. The third kappa shape index (κ3) is 4.99. The molecule has 1 heterocycles. The molecule has 0 aromatic rings. The van der Waals surface area contributed by atoms with E-state index in [-0.39, 0.29) is 10.9 Å². The van der Waals surface area contributed by atoms with Crippen LogP contribution in [0.4, 0.5) is 0 Å². The smallest absolute Gasteiger partial charge is 0.237 e. The molecule has 0 atom stereocenters. The summed E-state index contributed by atoms with van der Waals surface area (Å²) in [6, 6.07) is 0. The lowest BCUT2D eigenvalue weighted by Gasteiger charge is -2.30. The van der Waals surface area contributed by atoms with E-state index in [4.69, 9.17) is 5.73 Å². The Hall–Kier alpha value is -0.690. The van der Waals surface area contributed by atoms with Crippen LogP contribution < -0.4 is 5.73 Å². The molecular weight excluding hydrogens is 260 g/mol. The minimum Gasteiger partial charge on any atom is -0.392 e. The standard InChI is InChI=1S/C10H18N2O3S2/c1-8-2-4-12(5-3-8)10(13)7-17(14,15)6-9(11)16/h8H,2-7H2,1H3,(H2,11,16). The first-order chi connectivity index (χ1) is 7.80. The van der Waals surface area contributed by atoms with Crippen molar-refractivity contribution in [2.45, 2.75) is 19.8 Å². The maximum Gasteiger partial charge on any atom is 0.237 e. The summed E-state index contributed by atoms with van der Waals surface area (Å²) in [7, 11) is -3.50. The molecule has 1 aliphatic heterocycles. The quantitative estimate of drug-likeness (QED) is 0.729. The molecule has 0 aliphatic carbocycles. The summed E-state index contributed by atoms with van der Waals surface area (Å²) in [6.45, 7) is 3.41. The Morgan fingerprint density at radius 2 is 1.88 bits per heavy atom. The predicted octanol–water partition coefficient (Wildman–Crippen LogP) is -0.0542. The summed E-state index contributed by atoms with van der Waals surface area (Å²) < 4.78 is 23.1. The van der Waals surface area contributed by atoms with E-state index in [2.05, 4.69) is 19.1 Å². The highest BCUT2D eigenvalue weighted by Gasteiger charge is 2.25. The second kappa shape index (κ2) is 5.77. The van der Waals surface area contributed by atoms with Gasteiger partial charge in [-0.2, -0.15) is 0 Å². The molecule has 0 saturated carbocycles. The van der Waals surface area contributed by atoms with E-state index in [0.717, 1.165) is 12.8 Å². The lowest BCUT2D eigenvalue weighted by Crippen LogP contribution is -2.42. The number of piperidine rings is 1. The van der Waals surface area contributed by atoms with E-state index in [0.29, 0.717) is 19.0 Å². The molecule has 1 rings (SSSR count). The topological polar surface area (TPSA) is 80.5 Å². The second-order valence-electron chi connectivity index (χ2n) is 4.56. The molecule has 0 aromatic carbocycles. The zero-order valence-electron chi connectivity index (χ0n) is 9.89. The fourth-order valence-corrected chi connectivity index (χ4v) is 3.44. The molecule has 98 valence electrons. The predicted molar refractivity (Wildman–Crippen MR) is 70.4 cm³/mol. The number of carbonyl (C=O) groups is 1. The lowest BCUT2D eigenvalue weighted by molar-refractivity contribution is -0.129. The number of amides is 1. The molecule has 1 fully saturated rings. The van der Waals surface area contributed by atoms with Gasteiger partial charge < -0.3 is 10.6 Å². The summed E-state index contributed by atoms with van der Waals surface area (Å²) in [5, 5.41) is 0. The largest absolute Gasteiger partial charge is 0.392 e. The van der Waals surface area contributed by atoms with Crippen LogP contribution in [0.25, 0.3) is 0 Å². The molecule has 0 spiro atoms. The minimum absolute atomic E-state index is 0.0925.